The highest BCUT2D eigenvalue weighted by molar-refractivity contribution is 5.36. The molecule has 0 spiro atoms. The smallest absolute Gasteiger partial charge is 0.387 e. The molecule has 2 unspecified atom stereocenters. The Labute approximate surface area is 94.9 Å². The molecule has 0 aliphatic carbocycles. The van der Waals surface area contributed by atoms with Crippen molar-refractivity contribution in [3.63, 3.8) is 0 Å². The molecule has 0 bridgehead atoms. The molecule has 1 rings (SSSR count). The zero-order valence-corrected chi connectivity index (χ0v) is 8.55. The van der Waals surface area contributed by atoms with Crippen molar-refractivity contribution in [3.8, 4) is 5.75 Å². The second-order valence-electron chi connectivity index (χ2n) is 3.26. The Bertz CT molecular complexity index is 373. The van der Waals surface area contributed by atoms with Gasteiger partial charge in [-0.2, -0.15) is 8.78 Å². The summed E-state index contributed by atoms with van der Waals surface area (Å²) in [5.74, 6) is -1.41. The maximum atomic E-state index is 12.8. The second-order valence-corrected chi connectivity index (χ2v) is 3.26. The minimum atomic E-state index is -3.19. The molecule has 96 valence electrons. The molecule has 0 aliphatic heterocycles. The highest BCUT2D eigenvalue weighted by Crippen LogP contribution is 2.29. The van der Waals surface area contributed by atoms with Crippen LogP contribution in [0, 0.1) is 5.82 Å². The molecule has 0 amide bonds. The van der Waals surface area contributed by atoms with Crippen LogP contribution in [0.2, 0.25) is 0 Å². The molecule has 4 nitrogen and oxygen atoms in total. The summed E-state index contributed by atoms with van der Waals surface area (Å²) in [4.78, 5) is 0. The minimum Gasteiger partial charge on any atom is -0.434 e. The summed E-state index contributed by atoms with van der Waals surface area (Å²) in [5.41, 5.74) is -0.228. The average molecular weight is 252 g/mol. The van der Waals surface area contributed by atoms with Crippen LogP contribution < -0.4 is 4.74 Å². The van der Waals surface area contributed by atoms with Gasteiger partial charge >= 0.3 is 6.61 Å². The Balaban J connectivity index is 3.04. The molecule has 0 fully saturated rings. The van der Waals surface area contributed by atoms with E-state index in [1.165, 1.54) is 0 Å². The molecule has 0 aliphatic rings. The van der Waals surface area contributed by atoms with E-state index in [4.69, 9.17) is 5.11 Å². The summed E-state index contributed by atoms with van der Waals surface area (Å²) in [6.07, 6.45) is -3.21. The van der Waals surface area contributed by atoms with Crippen molar-refractivity contribution in [2.24, 2.45) is 0 Å². The molecular formula is C10H11F3O4. The van der Waals surface area contributed by atoms with Crippen molar-refractivity contribution in [2.75, 3.05) is 6.61 Å². The quantitative estimate of drug-likeness (QED) is 0.725. The number of hydrogen-bond donors (Lipinski definition) is 3. The van der Waals surface area contributed by atoms with E-state index in [9.17, 15) is 23.4 Å². The fourth-order valence-corrected chi connectivity index (χ4v) is 1.26. The van der Waals surface area contributed by atoms with E-state index in [2.05, 4.69) is 4.74 Å². The maximum Gasteiger partial charge on any atom is 0.387 e. The van der Waals surface area contributed by atoms with Crippen molar-refractivity contribution in [1.29, 1.82) is 0 Å². The SMILES string of the molecule is OCC(O)C(O)c1ccc(F)cc1OC(F)F. The Morgan fingerprint density at radius 1 is 1.24 bits per heavy atom. The molecule has 0 heterocycles. The highest BCUT2D eigenvalue weighted by atomic mass is 19.3. The van der Waals surface area contributed by atoms with Gasteiger partial charge in [0.1, 0.15) is 23.8 Å². The first-order valence-corrected chi connectivity index (χ1v) is 4.67. The van der Waals surface area contributed by atoms with Gasteiger partial charge < -0.3 is 20.1 Å². The molecule has 0 saturated heterocycles. The van der Waals surface area contributed by atoms with Crippen LogP contribution in [0.5, 0.6) is 5.75 Å². The maximum absolute atomic E-state index is 12.8. The monoisotopic (exact) mass is 252 g/mol. The van der Waals surface area contributed by atoms with E-state index in [-0.39, 0.29) is 5.56 Å². The molecule has 1 aromatic carbocycles. The Morgan fingerprint density at radius 2 is 1.88 bits per heavy atom. The topological polar surface area (TPSA) is 69.9 Å². The summed E-state index contributed by atoms with van der Waals surface area (Å²) >= 11 is 0. The fraction of sp³-hybridized carbons (Fsp3) is 0.400. The van der Waals surface area contributed by atoms with E-state index in [1.807, 2.05) is 0 Å². The van der Waals surface area contributed by atoms with Gasteiger partial charge in [-0.1, -0.05) is 0 Å². The first-order valence-electron chi connectivity index (χ1n) is 4.67. The number of aliphatic hydroxyl groups excluding tert-OH is 3. The van der Waals surface area contributed by atoms with Gasteiger partial charge in [-0.05, 0) is 12.1 Å². The number of alkyl halides is 2. The molecule has 1 aromatic rings. The fourth-order valence-electron chi connectivity index (χ4n) is 1.26. The largest absolute Gasteiger partial charge is 0.434 e. The first kappa shape index (κ1) is 13.8. The number of hydrogen-bond acceptors (Lipinski definition) is 4. The van der Waals surface area contributed by atoms with Gasteiger partial charge in [-0.15, -0.1) is 0 Å². The predicted octanol–water partition coefficient (Wildman–Crippen LogP) is 0.814. The molecule has 7 heteroatoms. The lowest BCUT2D eigenvalue weighted by Gasteiger charge is -2.19. The molecular weight excluding hydrogens is 241 g/mol. The third-order valence-corrected chi connectivity index (χ3v) is 2.06. The Kier molecular flexibility index (Phi) is 4.73. The van der Waals surface area contributed by atoms with Crippen LogP contribution in [-0.2, 0) is 0 Å². The Hall–Kier alpha value is -1.31. The second kappa shape index (κ2) is 5.85. The summed E-state index contributed by atoms with van der Waals surface area (Å²) in [7, 11) is 0. The first-order chi connectivity index (χ1) is 7.95. The molecule has 17 heavy (non-hydrogen) atoms. The van der Waals surface area contributed by atoms with Gasteiger partial charge in [-0.3, -0.25) is 0 Å². The van der Waals surface area contributed by atoms with Crippen LogP contribution in [0.4, 0.5) is 13.2 Å². The van der Waals surface area contributed by atoms with Crippen molar-refractivity contribution < 1.29 is 33.2 Å². The van der Waals surface area contributed by atoms with Crippen LogP contribution in [0.25, 0.3) is 0 Å². The summed E-state index contributed by atoms with van der Waals surface area (Å²) in [6, 6.07) is 2.58. The normalized spacial score (nSPS) is 14.8. The third-order valence-electron chi connectivity index (χ3n) is 2.06. The standard InChI is InChI=1S/C10H11F3O4/c11-5-1-2-6(9(16)7(15)4-14)8(3-5)17-10(12)13/h1-3,7,9-10,14-16H,4H2. The van der Waals surface area contributed by atoms with E-state index in [0.29, 0.717) is 6.07 Å². The molecule has 0 saturated carbocycles. The van der Waals surface area contributed by atoms with E-state index in [0.717, 1.165) is 12.1 Å². The zero-order valence-electron chi connectivity index (χ0n) is 8.55. The van der Waals surface area contributed by atoms with Gasteiger partial charge in [0.2, 0.25) is 0 Å². The average Bonchev–Trinajstić information content (AvgIpc) is 2.26. The van der Waals surface area contributed by atoms with Gasteiger partial charge in [0.25, 0.3) is 0 Å². The van der Waals surface area contributed by atoms with Crippen molar-refractivity contribution in [1.82, 2.24) is 0 Å². The molecule has 0 radical (unpaired) electrons. The Morgan fingerprint density at radius 3 is 2.41 bits per heavy atom. The number of halogens is 3. The third kappa shape index (κ3) is 3.58. The summed E-state index contributed by atoms with van der Waals surface area (Å²) in [5, 5.41) is 27.3. The van der Waals surface area contributed by atoms with Crippen LogP contribution in [0.1, 0.15) is 11.7 Å². The highest BCUT2D eigenvalue weighted by Gasteiger charge is 2.23. The number of rotatable bonds is 5. The molecule has 3 N–H and O–H groups in total. The van der Waals surface area contributed by atoms with E-state index in [1.54, 1.807) is 0 Å². The number of aliphatic hydroxyl groups is 3. The lowest BCUT2D eigenvalue weighted by Crippen LogP contribution is -2.23. The molecule has 0 aromatic heterocycles. The van der Waals surface area contributed by atoms with Gasteiger partial charge in [0, 0.05) is 11.6 Å². The van der Waals surface area contributed by atoms with Crippen molar-refractivity contribution in [3.05, 3.63) is 29.6 Å². The van der Waals surface area contributed by atoms with Crippen LogP contribution in [-0.4, -0.2) is 34.6 Å². The lowest BCUT2D eigenvalue weighted by molar-refractivity contribution is -0.0558. The van der Waals surface area contributed by atoms with E-state index < -0.39 is 37.0 Å². The van der Waals surface area contributed by atoms with Gasteiger partial charge in [0.15, 0.2) is 0 Å². The van der Waals surface area contributed by atoms with Crippen LogP contribution >= 0.6 is 0 Å². The minimum absolute atomic E-state index is 0.228. The lowest BCUT2D eigenvalue weighted by atomic mass is 10.0. The number of benzene rings is 1. The number of ether oxygens (including phenoxy) is 1. The zero-order chi connectivity index (χ0) is 13.0. The molecule has 2 atom stereocenters. The van der Waals surface area contributed by atoms with Crippen LogP contribution in [0.15, 0.2) is 18.2 Å². The van der Waals surface area contributed by atoms with E-state index >= 15 is 0 Å². The van der Waals surface area contributed by atoms with Crippen LogP contribution in [0.3, 0.4) is 0 Å². The van der Waals surface area contributed by atoms with Gasteiger partial charge in [-0.25, -0.2) is 4.39 Å². The summed E-state index contributed by atoms with van der Waals surface area (Å²) in [6.45, 7) is -3.96. The van der Waals surface area contributed by atoms with Crippen molar-refractivity contribution in [2.45, 2.75) is 18.8 Å². The predicted molar refractivity (Wildman–Crippen MR) is 51.1 cm³/mol. The van der Waals surface area contributed by atoms with Crippen molar-refractivity contribution >= 4 is 0 Å². The van der Waals surface area contributed by atoms with Gasteiger partial charge in [0.05, 0.1) is 6.61 Å². The summed E-state index contributed by atoms with van der Waals surface area (Å²) < 4.78 is 40.9.